The van der Waals surface area contributed by atoms with Crippen LogP contribution in [0.4, 0.5) is 5.69 Å². The van der Waals surface area contributed by atoms with Gasteiger partial charge < -0.3 is 10.2 Å². The molecular formula is C27H36ClN3O4S. The molecule has 1 atom stereocenters. The van der Waals surface area contributed by atoms with Gasteiger partial charge in [-0.25, -0.2) is 8.42 Å². The lowest BCUT2D eigenvalue weighted by molar-refractivity contribution is -0.139. The van der Waals surface area contributed by atoms with Gasteiger partial charge in [0.15, 0.2) is 0 Å². The maximum absolute atomic E-state index is 13.7. The standard InChI is InChI=1S/C27H36ClN3O4S/c1-19-10-8-15-25(20(19)2)31(36(4,34)35)18-26(32)30(17-22-11-9-12-23(28)16-22)21(3)27(33)29-24-13-6-5-7-14-24/h8-12,15-16,21,24H,5-7,13-14,17-18H2,1-4H3,(H,29,33)/t21-/m1/s1. The number of nitrogens with zero attached hydrogens (tertiary/aromatic N) is 2. The molecule has 2 amide bonds. The molecule has 0 spiro atoms. The average Bonchev–Trinajstić information content (AvgIpc) is 2.82. The summed E-state index contributed by atoms with van der Waals surface area (Å²) in [4.78, 5) is 28.3. The van der Waals surface area contributed by atoms with E-state index in [9.17, 15) is 18.0 Å². The predicted octanol–water partition coefficient (Wildman–Crippen LogP) is 4.59. The number of hydrogen-bond donors (Lipinski definition) is 1. The Morgan fingerprint density at radius 3 is 2.39 bits per heavy atom. The topological polar surface area (TPSA) is 86.8 Å². The van der Waals surface area contributed by atoms with Gasteiger partial charge >= 0.3 is 0 Å². The molecule has 0 radical (unpaired) electrons. The lowest BCUT2D eigenvalue weighted by Gasteiger charge is -2.33. The molecule has 0 aliphatic heterocycles. The number of anilines is 1. The fourth-order valence-corrected chi connectivity index (χ4v) is 5.70. The highest BCUT2D eigenvalue weighted by atomic mass is 35.5. The van der Waals surface area contributed by atoms with Crippen molar-refractivity contribution in [2.75, 3.05) is 17.1 Å². The highest BCUT2D eigenvalue weighted by molar-refractivity contribution is 7.92. The van der Waals surface area contributed by atoms with E-state index in [1.54, 1.807) is 37.3 Å². The van der Waals surface area contributed by atoms with Crippen molar-refractivity contribution in [3.63, 3.8) is 0 Å². The van der Waals surface area contributed by atoms with Crippen molar-refractivity contribution in [1.29, 1.82) is 0 Å². The highest BCUT2D eigenvalue weighted by Crippen LogP contribution is 2.26. The molecule has 3 rings (SSSR count). The second kappa shape index (κ2) is 12.1. The number of rotatable bonds is 9. The SMILES string of the molecule is Cc1cccc(N(CC(=O)N(Cc2cccc(Cl)c2)[C@H](C)C(=O)NC2CCCCC2)S(C)(=O)=O)c1C. The van der Waals surface area contributed by atoms with E-state index < -0.39 is 28.5 Å². The van der Waals surface area contributed by atoms with Crippen LogP contribution in [0.1, 0.15) is 55.7 Å². The predicted molar refractivity (Wildman–Crippen MR) is 145 cm³/mol. The maximum atomic E-state index is 13.7. The molecule has 196 valence electrons. The molecule has 1 saturated carbocycles. The molecule has 1 N–H and O–H groups in total. The quantitative estimate of drug-likeness (QED) is 0.511. The van der Waals surface area contributed by atoms with Crippen LogP contribution in [0.25, 0.3) is 0 Å². The van der Waals surface area contributed by atoms with Crippen LogP contribution < -0.4 is 9.62 Å². The molecule has 1 fully saturated rings. The van der Waals surface area contributed by atoms with E-state index in [0.29, 0.717) is 10.7 Å². The summed E-state index contributed by atoms with van der Waals surface area (Å²) in [6.07, 6.45) is 6.25. The zero-order chi connectivity index (χ0) is 26.5. The molecule has 7 nitrogen and oxygen atoms in total. The molecule has 2 aromatic rings. The zero-order valence-corrected chi connectivity index (χ0v) is 23.0. The first-order valence-corrected chi connectivity index (χ1v) is 14.6. The molecule has 0 aromatic heterocycles. The van der Waals surface area contributed by atoms with Crippen molar-refractivity contribution < 1.29 is 18.0 Å². The van der Waals surface area contributed by atoms with Gasteiger partial charge in [-0.1, -0.05) is 55.1 Å². The summed E-state index contributed by atoms with van der Waals surface area (Å²) >= 11 is 6.16. The normalized spacial score (nSPS) is 15.2. The number of hydrogen-bond acceptors (Lipinski definition) is 4. The van der Waals surface area contributed by atoms with Gasteiger partial charge in [0.05, 0.1) is 11.9 Å². The number of amides is 2. The Hall–Kier alpha value is -2.58. The van der Waals surface area contributed by atoms with Gasteiger partial charge in [-0.05, 0) is 68.5 Å². The fourth-order valence-electron chi connectivity index (χ4n) is 4.58. The number of benzene rings is 2. The summed E-state index contributed by atoms with van der Waals surface area (Å²) in [6, 6.07) is 11.8. The minimum Gasteiger partial charge on any atom is -0.352 e. The van der Waals surface area contributed by atoms with Gasteiger partial charge in [0, 0.05) is 17.6 Å². The number of aryl methyl sites for hydroxylation is 1. The van der Waals surface area contributed by atoms with E-state index in [1.807, 2.05) is 26.0 Å². The summed E-state index contributed by atoms with van der Waals surface area (Å²) in [5.41, 5.74) is 2.91. The Bertz CT molecular complexity index is 1200. The third kappa shape index (κ3) is 7.23. The number of nitrogens with one attached hydrogen (secondary N) is 1. The van der Waals surface area contributed by atoms with Crippen molar-refractivity contribution in [1.82, 2.24) is 10.2 Å². The number of carbonyl (C=O) groups is 2. The molecule has 0 saturated heterocycles. The van der Waals surface area contributed by atoms with E-state index in [4.69, 9.17) is 11.6 Å². The van der Waals surface area contributed by atoms with Crippen LogP contribution >= 0.6 is 11.6 Å². The lowest BCUT2D eigenvalue weighted by Crippen LogP contribution is -2.53. The van der Waals surface area contributed by atoms with Gasteiger partial charge in [0.25, 0.3) is 0 Å². The third-order valence-electron chi connectivity index (χ3n) is 6.88. The maximum Gasteiger partial charge on any atom is 0.244 e. The van der Waals surface area contributed by atoms with Gasteiger partial charge in [-0.15, -0.1) is 0 Å². The van der Waals surface area contributed by atoms with Crippen LogP contribution in [-0.2, 0) is 26.2 Å². The summed E-state index contributed by atoms with van der Waals surface area (Å²) < 4.78 is 26.7. The van der Waals surface area contributed by atoms with Crippen LogP contribution in [0.3, 0.4) is 0 Å². The average molecular weight is 534 g/mol. The molecule has 0 heterocycles. The van der Waals surface area contributed by atoms with Crippen molar-refractivity contribution in [3.05, 3.63) is 64.2 Å². The number of sulfonamides is 1. The Kier molecular flexibility index (Phi) is 9.41. The van der Waals surface area contributed by atoms with Crippen LogP contribution in [0, 0.1) is 13.8 Å². The molecular weight excluding hydrogens is 498 g/mol. The zero-order valence-electron chi connectivity index (χ0n) is 21.5. The molecule has 0 bridgehead atoms. The van der Waals surface area contributed by atoms with Crippen molar-refractivity contribution >= 4 is 39.1 Å². The van der Waals surface area contributed by atoms with Gasteiger partial charge in [-0.3, -0.25) is 13.9 Å². The number of halogens is 1. The van der Waals surface area contributed by atoms with E-state index in [1.165, 1.54) is 11.3 Å². The molecule has 9 heteroatoms. The largest absolute Gasteiger partial charge is 0.352 e. The molecule has 2 aromatic carbocycles. The molecule has 1 aliphatic carbocycles. The van der Waals surface area contributed by atoms with Crippen molar-refractivity contribution in [2.24, 2.45) is 0 Å². The van der Waals surface area contributed by atoms with E-state index >= 15 is 0 Å². The van der Waals surface area contributed by atoms with Gasteiger partial charge in [-0.2, -0.15) is 0 Å². The summed E-state index contributed by atoms with van der Waals surface area (Å²) in [5, 5.41) is 3.61. The molecule has 1 aliphatic rings. The minimum absolute atomic E-state index is 0.0966. The Labute approximate surface area is 219 Å². The first-order chi connectivity index (χ1) is 17.0. The smallest absolute Gasteiger partial charge is 0.244 e. The van der Waals surface area contributed by atoms with E-state index in [0.717, 1.165) is 52.9 Å². The summed E-state index contributed by atoms with van der Waals surface area (Å²) in [7, 11) is -3.77. The van der Waals surface area contributed by atoms with Crippen molar-refractivity contribution in [3.8, 4) is 0 Å². The Morgan fingerprint density at radius 2 is 1.75 bits per heavy atom. The lowest BCUT2D eigenvalue weighted by atomic mass is 9.95. The van der Waals surface area contributed by atoms with Crippen molar-refractivity contribution in [2.45, 2.75) is 71.5 Å². The number of carbonyl (C=O) groups excluding carboxylic acids is 2. The summed E-state index contributed by atoms with van der Waals surface area (Å²) in [6.45, 7) is 5.12. The first-order valence-electron chi connectivity index (χ1n) is 12.4. The Balaban J connectivity index is 1.90. The third-order valence-corrected chi connectivity index (χ3v) is 8.25. The second-order valence-corrected chi connectivity index (χ2v) is 12.0. The molecule has 0 unspecified atom stereocenters. The van der Waals surface area contributed by atoms with E-state index in [-0.39, 0.29) is 18.5 Å². The van der Waals surface area contributed by atoms with Gasteiger partial charge in [0.2, 0.25) is 21.8 Å². The monoisotopic (exact) mass is 533 g/mol. The van der Waals surface area contributed by atoms with E-state index in [2.05, 4.69) is 5.32 Å². The highest BCUT2D eigenvalue weighted by Gasteiger charge is 2.31. The molecule has 36 heavy (non-hydrogen) atoms. The van der Waals surface area contributed by atoms with Crippen LogP contribution in [0.2, 0.25) is 5.02 Å². The first kappa shape index (κ1) is 28.0. The fraction of sp³-hybridized carbons (Fsp3) is 0.481. The Morgan fingerprint density at radius 1 is 1.08 bits per heavy atom. The summed E-state index contributed by atoms with van der Waals surface area (Å²) in [5.74, 6) is -0.706. The van der Waals surface area contributed by atoms with Crippen LogP contribution in [-0.4, -0.2) is 50.0 Å². The van der Waals surface area contributed by atoms with Gasteiger partial charge in [0.1, 0.15) is 12.6 Å². The van der Waals surface area contributed by atoms with Crippen LogP contribution in [0.5, 0.6) is 0 Å². The minimum atomic E-state index is -3.77. The van der Waals surface area contributed by atoms with Crippen LogP contribution in [0.15, 0.2) is 42.5 Å². The second-order valence-electron chi connectivity index (χ2n) is 9.66.